The lowest BCUT2D eigenvalue weighted by Crippen LogP contribution is -2.39. The van der Waals surface area contributed by atoms with Gasteiger partial charge in [-0.3, -0.25) is 14.7 Å². The van der Waals surface area contributed by atoms with Gasteiger partial charge in [0, 0.05) is 11.3 Å². The molecule has 9 heteroatoms. The summed E-state index contributed by atoms with van der Waals surface area (Å²) < 4.78 is 7.05. The molecule has 162 valence electrons. The number of urea groups is 1. The molecular formula is C23H21N5O3S. The van der Waals surface area contributed by atoms with Gasteiger partial charge in [-0.05, 0) is 31.2 Å². The molecule has 0 spiro atoms. The normalized spacial score (nSPS) is 10.7. The van der Waals surface area contributed by atoms with Gasteiger partial charge in [0.05, 0.1) is 18.6 Å². The number of furan rings is 1. The molecule has 0 aliphatic rings. The minimum atomic E-state index is -0.586. The topological polar surface area (TPSA) is 102 Å². The van der Waals surface area contributed by atoms with Crippen LogP contribution in [-0.2, 0) is 11.3 Å². The summed E-state index contributed by atoms with van der Waals surface area (Å²) in [6.45, 7) is 2.21. The van der Waals surface area contributed by atoms with E-state index in [0.717, 1.165) is 16.8 Å². The SMILES string of the molecule is Cc1ccc(-n2c(SCC(=O)NC(=O)NCc3ccco3)nnc2-c2ccccc2)cc1. The van der Waals surface area contributed by atoms with Crippen LogP contribution in [0.25, 0.3) is 17.1 Å². The fourth-order valence-electron chi connectivity index (χ4n) is 2.98. The van der Waals surface area contributed by atoms with E-state index in [2.05, 4.69) is 20.8 Å². The summed E-state index contributed by atoms with van der Waals surface area (Å²) in [6.07, 6.45) is 1.52. The van der Waals surface area contributed by atoms with Gasteiger partial charge in [-0.2, -0.15) is 0 Å². The van der Waals surface area contributed by atoms with Crippen molar-refractivity contribution < 1.29 is 14.0 Å². The second-order valence-electron chi connectivity index (χ2n) is 6.94. The van der Waals surface area contributed by atoms with Gasteiger partial charge in [-0.25, -0.2) is 4.79 Å². The molecule has 2 heterocycles. The molecule has 2 N–H and O–H groups in total. The summed E-state index contributed by atoms with van der Waals surface area (Å²) in [5.41, 5.74) is 2.94. The zero-order valence-corrected chi connectivity index (χ0v) is 18.1. The van der Waals surface area contributed by atoms with Crippen molar-refractivity contribution in [2.75, 3.05) is 5.75 Å². The predicted octanol–water partition coefficient (Wildman–Crippen LogP) is 3.95. The van der Waals surface area contributed by atoms with E-state index in [1.807, 2.05) is 66.1 Å². The van der Waals surface area contributed by atoms with Crippen molar-refractivity contribution in [1.29, 1.82) is 0 Å². The summed E-state index contributed by atoms with van der Waals surface area (Å²) in [4.78, 5) is 24.2. The summed E-state index contributed by atoms with van der Waals surface area (Å²) in [6, 6.07) is 20.6. The highest BCUT2D eigenvalue weighted by Gasteiger charge is 2.18. The van der Waals surface area contributed by atoms with Crippen LogP contribution in [0.4, 0.5) is 4.79 Å². The zero-order chi connectivity index (χ0) is 22.3. The summed E-state index contributed by atoms with van der Waals surface area (Å²) >= 11 is 1.21. The molecule has 32 heavy (non-hydrogen) atoms. The van der Waals surface area contributed by atoms with Crippen LogP contribution in [0.2, 0.25) is 0 Å². The average molecular weight is 448 g/mol. The van der Waals surface area contributed by atoms with Gasteiger partial charge in [0.25, 0.3) is 0 Å². The Morgan fingerprint density at radius 1 is 1.00 bits per heavy atom. The van der Waals surface area contributed by atoms with E-state index in [4.69, 9.17) is 4.42 Å². The van der Waals surface area contributed by atoms with Crippen molar-refractivity contribution in [3.05, 3.63) is 84.3 Å². The lowest BCUT2D eigenvalue weighted by atomic mass is 10.2. The largest absolute Gasteiger partial charge is 0.467 e. The molecule has 0 radical (unpaired) electrons. The molecule has 0 saturated heterocycles. The Bertz CT molecular complexity index is 1190. The Hall–Kier alpha value is -3.85. The molecule has 0 fully saturated rings. The number of hydrogen-bond donors (Lipinski definition) is 2. The number of nitrogens with one attached hydrogen (secondary N) is 2. The van der Waals surface area contributed by atoms with Crippen LogP contribution in [0, 0.1) is 6.92 Å². The third-order valence-electron chi connectivity index (χ3n) is 4.55. The van der Waals surface area contributed by atoms with Gasteiger partial charge in [0.1, 0.15) is 5.76 Å². The van der Waals surface area contributed by atoms with Crippen LogP contribution in [0.15, 0.2) is 82.6 Å². The number of imide groups is 1. The van der Waals surface area contributed by atoms with Crippen LogP contribution in [0.5, 0.6) is 0 Å². The number of rotatable bonds is 7. The Labute approximate surface area is 189 Å². The quantitative estimate of drug-likeness (QED) is 0.416. The van der Waals surface area contributed by atoms with Crippen LogP contribution in [0.1, 0.15) is 11.3 Å². The zero-order valence-electron chi connectivity index (χ0n) is 17.3. The standard InChI is InChI=1S/C23H21N5O3S/c1-16-9-11-18(12-10-16)28-21(17-6-3-2-4-7-17)26-27-23(28)32-15-20(29)25-22(30)24-14-19-8-5-13-31-19/h2-13H,14-15H2,1H3,(H2,24,25,29,30). The lowest BCUT2D eigenvalue weighted by molar-refractivity contribution is -0.117. The Balaban J connectivity index is 1.46. The van der Waals surface area contributed by atoms with E-state index in [0.29, 0.717) is 16.7 Å². The fourth-order valence-corrected chi connectivity index (χ4v) is 3.73. The number of carbonyl (C=O) groups excluding carboxylic acids is 2. The number of aromatic nitrogens is 3. The van der Waals surface area contributed by atoms with Crippen LogP contribution in [-0.4, -0.2) is 32.5 Å². The van der Waals surface area contributed by atoms with Crippen molar-refractivity contribution in [3.8, 4) is 17.1 Å². The summed E-state index contributed by atoms with van der Waals surface area (Å²) in [5.74, 6) is 0.842. The highest BCUT2D eigenvalue weighted by atomic mass is 32.2. The van der Waals surface area contributed by atoms with Gasteiger partial charge in [0.15, 0.2) is 11.0 Å². The van der Waals surface area contributed by atoms with Gasteiger partial charge in [-0.1, -0.05) is 59.8 Å². The van der Waals surface area contributed by atoms with Gasteiger partial charge >= 0.3 is 6.03 Å². The first kappa shape index (κ1) is 21.4. The maximum absolute atomic E-state index is 12.3. The number of aryl methyl sites for hydroxylation is 1. The van der Waals surface area contributed by atoms with E-state index >= 15 is 0 Å². The first-order valence-electron chi connectivity index (χ1n) is 9.91. The van der Waals surface area contributed by atoms with Crippen molar-refractivity contribution in [1.82, 2.24) is 25.4 Å². The minimum absolute atomic E-state index is 0.00690. The first-order chi connectivity index (χ1) is 15.6. The molecule has 4 rings (SSSR count). The van der Waals surface area contributed by atoms with Crippen molar-refractivity contribution in [2.24, 2.45) is 0 Å². The molecule has 4 aromatic rings. The van der Waals surface area contributed by atoms with E-state index in [9.17, 15) is 9.59 Å². The minimum Gasteiger partial charge on any atom is -0.467 e. The molecule has 0 bridgehead atoms. The number of carbonyl (C=O) groups is 2. The number of hydrogen-bond acceptors (Lipinski definition) is 6. The molecule has 3 amide bonds. The molecule has 8 nitrogen and oxygen atoms in total. The van der Waals surface area contributed by atoms with Crippen LogP contribution < -0.4 is 10.6 Å². The van der Waals surface area contributed by atoms with Crippen LogP contribution >= 0.6 is 11.8 Å². The Morgan fingerprint density at radius 2 is 1.78 bits per heavy atom. The van der Waals surface area contributed by atoms with E-state index in [1.54, 1.807) is 12.1 Å². The number of benzene rings is 2. The molecule has 0 atom stereocenters. The van der Waals surface area contributed by atoms with Crippen LogP contribution in [0.3, 0.4) is 0 Å². The van der Waals surface area contributed by atoms with Gasteiger partial charge in [0.2, 0.25) is 5.91 Å². The van der Waals surface area contributed by atoms with Crippen molar-refractivity contribution in [2.45, 2.75) is 18.6 Å². The molecule has 0 aliphatic carbocycles. The van der Waals surface area contributed by atoms with E-state index in [-0.39, 0.29) is 12.3 Å². The fraction of sp³-hybridized carbons (Fsp3) is 0.130. The number of thioether (sulfide) groups is 1. The molecule has 0 aliphatic heterocycles. The third kappa shape index (κ3) is 5.25. The highest BCUT2D eigenvalue weighted by molar-refractivity contribution is 7.99. The monoisotopic (exact) mass is 447 g/mol. The molecule has 0 saturated carbocycles. The van der Waals surface area contributed by atoms with Crippen molar-refractivity contribution in [3.63, 3.8) is 0 Å². The van der Waals surface area contributed by atoms with Gasteiger partial charge < -0.3 is 9.73 Å². The van der Waals surface area contributed by atoms with E-state index in [1.165, 1.54) is 18.0 Å². The molecule has 2 aromatic heterocycles. The molecular weight excluding hydrogens is 426 g/mol. The van der Waals surface area contributed by atoms with E-state index < -0.39 is 11.9 Å². The lowest BCUT2D eigenvalue weighted by Gasteiger charge is -2.11. The third-order valence-corrected chi connectivity index (χ3v) is 5.48. The Morgan fingerprint density at radius 3 is 2.50 bits per heavy atom. The second-order valence-corrected chi connectivity index (χ2v) is 7.88. The second kappa shape index (κ2) is 9.97. The predicted molar refractivity (Wildman–Crippen MR) is 121 cm³/mol. The first-order valence-corrected chi connectivity index (χ1v) is 10.9. The molecule has 0 unspecified atom stereocenters. The summed E-state index contributed by atoms with van der Waals surface area (Å²) in [7, 11) is 0. The van der Waals surface area contributed by atoms with Gasteiger partial charge in [-0.15, -0.1) is 10.2 Å². The maximum Gasteiger partial charge on any atom is 0.321 e. The highest BCUT2D eigenvalue weighted by Crippen LogP contribution is 2.28. The van der Waals surface area contributed by atoms with Crippen molar-refractivity contribution >= 4 is 23.7 Å². The average Bonchev–Trinajstić information content (AvgIpc) is 3.47. The number of nitrogens with zero attached hydrogens (tertiary/aromatic N) is 3. The maximum atomic E-state index is 12.3. The summed E-state index contributed by atoms with van der Waals surface area (Å²) in [5, 5.41) is 14.1. The number of amides is 3. The Kier molecular flexibility index (Phi) is 6.66. The smallest absolute Gasteiger partial charge is 0.321 e. The molecule has 2 aromatic carbocycles.